The number of amidine groups is 1. The van der Waals surface area contributed by atoms with Gasteiger partial charge in [0.1, 0.15) is 18.3 Å². The van der Waals surface area contributed by atoms with E-state index in [2.05, 4.69) is 20.3 Å². The topological polar surface area (TPSA) is 132 Å². The predicted octanol–water partition coefficient (Wildman–Crippen LogP) is 1.78. The lowest BCUT2D eigenvalue weighted by Crippen LogP contribution is -2.45. The maximum atomic E-state index is 14.3. The van der Waals surface area contributed by atoms with Crippen molar-refractivity contribution in [3.05, 3.63) is 42.0 Å². The number of nitrogens with zero attached hydrogens (tertiary/aromatic N) is 3. The molecule has 1 aromatic carbocycles. The van der Waals surface area contributed by atoms with Crippen LogP contribution in [0.25, 0.3) is 0 Å². The summed E-state index contributed by atoms with van der Waals surface area (Å²) in [5.41, 5.74) is 2.63. The molecular formula is C16H14F3N5O4. The average molecular weight is 397 g/mol. The van der Waals surface area contributed by atoms with Gasteiger partial charge in [-0.1, -0.05) is 0 Å². The minimum absolute atomic E-state index is 0.0347. The monoisotopic (exact) mass is 397 g/mol. The number of aromatic hydroxyl groups is 1. The summed E-state index contributed by atoms with van der Waals surface area (Å²) in [6.07, 6.45) is -2.20. The van der Waals surface area contributed by atoms with Gasteiger partial charge in [0.2, 0.25) is 11.8 Å². The van der Waals surface area contributed by atoms with Gasteiger partial charge in [-0.05, 0) is 18.2 Å². The number of ether oxygens (including phenoxy) is 2. The van der Waals surface area contributed by atoms with E-state index < -0.39 is 36.0 Å². The quantitative estimate of drug-likeness (QED) is 0.716. The number of hydrogen-bond acceptors (Lipinski definition) is 8. The molecule has 0 bridgehead atoms. The number of alkyl halides is 2. The molecule has 0 radical (unpaired) electrons. The van der Waals surface area contributed by atoms with Gasteiger partial charge in [-0.25, -0.2) is 27.9 Å². The molecule has 0 spiro atoms. The maximum absolute atomic E-state index is 14.3. The molecule has 1 amide bonds. The summed E-state index contributed by atoms with van der Waals surface area (Å²) in [7, 11) is 0. The number of rotatable bonds is 4. The molecule has 0 saturated carbocycles. The van der Waals surface area contributed by atoms with E-state index in [0.29, 0.717) is 0 Å². The molecule has 0 saturated heterocycles. The Balaban J connectivity index is 1.85. The van der Waals surface area contributed by atoms with Crippen molar-refractivity contribution in [2.24, 2.45) is 10.7 Å². The van der Waals surface area contributed by atoms with Crippen LogP contribution in [-0.4, -0.2) is 46.6 Å². The van der Waals surface area contributed by atoms with Crippen LogP contribution in [0.2, 0.25) is 0 Å². The molecule has 1 aliphatic heterocycles. The van der Waals surface area contributed by atoms with Crippen LogP contribution in [0, 0.1) is 5.82 Å². The highest BCUT2D eigenvalue weighted by molar-refractivity contribution is 5.86. The van der Waals surface area contributed by atoms with Crippen LogP contribution < -0.4 is 15.8 Å². The molecule has 12 heteroatoms. The fourth-order valence-electron chi connectivity index (χ4n) is 2.53. The van der Waals surface area contributed by atoms with Crippen molar-refractivity contribution in [2.45, 2.75) is 12.0 Å². The van der Waals surface area contributed by atoms with Crippen molar-refractivity contribution in [1.82, 2.24) is 9.97 Å². The summed E-state index contributed by atoms with van der Waals surface area (Å²) >= 11 is 0. The molecule has 0 aliphatic carbocycles. The first-order valence-corrected chi connectivity index (χ1v) is 7.80. The second-order valence-electron chi connectivity index (χ2n) is 5.74. The molecule has 2 aromatic rings. The highest BCUT2D eigenvalue weighted by Gasteiger charge is 2.46. The summed E-state index contributed by atoms with van der Waals surface area (Å²) in [4.78, 5) is 22.7. The molecule has 148 valence electrons. The molecular weight excluding hydrogens is 383 g/mol. The number of halogens is 3. The van der Waals surface area contributed by atoms with E-state index in [1.807, 2.05) is 0 Å². The number of benzene rings is 1. The zero-order valence-electron chi connectivity index (χ0n) is 14.1. The first kappa shape index (κ1) is 19.4. The maximum Gasteiger partial charge on any atom is 0.418 e. The van der Waals surface area contributed by atoms with E-state index in [-0.39, 0.29) is 29.9 Å². The van der Waals surface area contributed by atoms with Crippen molar-refractivity contribution in [3.63, 3.8) is 0 Å². The zero-order valence-corrected chi connectivity index (χ0v) is 14.1. The number of amides is 1. The average Bonchev–Trinajstić information content (AvgIpc) is 2.65. The van der Waals surface area contributed by atoms with E-state index in [1.165, 1.54) is 0 Å². The molecule has 9 nitrogen and oxygen atoms in total. The smallest absolute Gasteiger partial charge is 0.418 e. The minimum Gasteiger partial charge on any atom is -0.492 e. The molecule has 1 atom stereocenters. The second-order valence-corrected chi connectivity index (χ2v) is 5.74. The van der Waals surface area contributed by atoms with Crippen molar-refractivity contribution in [1.29, 1.82) is 0 Å². The Morgan fingerprint density at radius 1 is 1.36 bits per heavy atom. The highest BCUT2D eigenvalue weighted by atomic mass is 19.3. The van der Waals surface area contributed by atoms with Gasteiger partial charge in [-0.2, -0.15) is 0 Å². The number of nitrogens with two attached hydrogens (primary N) is 1. The standard InChI is InChI=1S/C16H14F3N5O4/c17-10-2-1-8(23-15(26)28-13-5-21-12(25)4-22-13)3-9(10)16(14(18)19)7-27-6-11(20)24-16/h1-5,14H,6-7H2,(H2,20,24)(H,21,25)(H,23,26)/t16-/m0/s1. The molecule has 4 N–H and O–H groups in total. The van der Waals surface area contributed by atoms with E-state index >= 15 is 0 Å². The van der Waals surface area contributed by atoms with Crippen molar-refractivity contribution in [3.8, 4) is 11.8 Å². The Morgan fingerprint density at radius 2 is 2.14 bits per heavy atom. The van der Waals surface area contributed by atoms with Gasteiger partial charge in [0.25, 0.3) is 6.43 Å². The number of aliphatic imine (C=N–C) groups is 1. The lowest BCUT2D eigenvalue weighted by molar-refractivity contribution is -0.0145. The van der Waals surface area contributed by atoms with Gasteiger partial charge in [-0.15, -0.1) is 0 Å². The van der Waals surface area contributed by atoms with Crippen LogP contribution in [0.1, 0.15) is 5.56 Å². The molecule has 1 aliphatic rings. The van der Waals surface area contributed by atoms with Crippen LogP contribution in [0.4, 0.5) is 23.7 Å². The Labute approximate surface area is 156 Å². The van der Waals surface area contributed by atoms with Crippen LogP contribution >= 0.6 is 0 Å². The largest absolute Gasteiger partial charge is 0.492 e. The molecule has 1 aromatic heterocycles. The Hall–Kier alpha value is -3.41. The van der Waals surface area contributed by atoms with E-state index in [4.69, 9.17) is 20.3 Å². The molecule has 0 fully saturated rings. The number of anilines is 1. The molecule has 3 rings (SSSR count). The fourth-order valence-corrected chi connectivity index (χ4v) is 2.53. The predicted molar refractivity (Wildman–Crippen MR) is 89.9 cm³/mol. The number of carbonyl (C=O) groups excluding carboxylic acids is 1. The first-order valence-electron chi connectivity index (χ1n) is 7.80. The van der Waals surface area contributed by atoms with Gasteiger partial charge in [0.15, 0.2) is 5.54 Å². The third kappa shape index (κ3) is 3.96. The van der Waals surface area contributed by atoms with E-state index in [9.17, 15) is 18.0 Å². The summed E-state index contributed by atoms with van der Waals surface area (Å²) in [6, 6.07) is 3.05. The summed E-state index contributed by atoms with van der Waals surface area (Å²) < 4.78 is 51.7. The first-order chi connectivity index (χ1) is 13.3. The van der Waals surface area contributed by atoms with Crippen LogP contribution in [0.5, 0.6) is 11.8 Å². The van der Waals surface area contributed by atoms with Gasteiger partial charge < -0.3 is 20.3 Å². The van der Waals surface area contributed by atoms with Crippen molar-refractivity contribution in [2.75, 3.05) is 18.5 Å². The Bertz CT molecular complexity index is 910. The molecule has 0 unspecified atom stereocenters. The van der Waals surface area contributed by atoms with Crippen LogP contribution in [0.3, 0.4) is 0 Å². The van der Waals surface area contributed by atoms with Crippen LogP contribution in [0.15, 0.2) is 35.6 Å². The summed E-state index contributed by atoms with van der Waals surface area (Å²) in [5.74, 6) is -1.76. The second kappa shape index (κ2) is 7.68. The third-order valence-electron chi connectivity index (χ3n) is 3.77. The van der Waals surface area contributed by atoms with Gasteiger partial charge >= 0.3 is 6.09 Å². The van der Waals surface area contributed by atoms with Gasteiger partial charge in [0, 0.05) is 11.3 Å². The molecule has 28 heavy (non-hydrogen) atoms. The summed E-state index contributed by atoms with van der Waals surface area (Å²) in [6.45, 7) is -0.729. The Morgan fingerprint density at radius 3 is 2.79 bits per heavy atom. The number of nitrogens with one attached hydrogen (secondary N) is 1. The van der Waals surface area contributed by atoms with E-state index in [1.54, 1.807) is 0 Å². The summed E-state index contributed by atoms with van der Waals surface area (Å²) in [5, 5.41) is 11.3. The lowest BCUT2D eigenvalue weighted by Gasteiger charge is -2.33. The van der Waals surface area contributed by atoms with Crippen molar-refractivity contribution < 1.29 is 32.5 Å². The number of aromatic nitrogens is 2. The van der Waals surface area contributed by atoms with Crippen LogP contribution in [-0.2, 0) is 10.3 Å². The lowest BCUT2D eigenvalue weighted by atomic mass is 9.90. The fraction of sp³-hybridized carbons (Fsp3) is 0.250. The normalized spacial score (nSPS) is 19.2. The van der Waals surface area contributed by atoms with Gasteiger partial charge in [0.05, 0.1) is 19.0 Å². The number of carbonyl (C=O) groups is 1. The third-order valence-corrected chi connectivity index (χ3v) is 3.77. The van der Waals surface area contributed by atoms with Gasteiger partial charge in [-0.3, -0.25) is 10.3 Å². The van der Waals surface area contributed by atoms with E-state index in [0.717, 1.165) is 30.6 Å². The SMILES string of the molecule is NC1=N[C@@](c2cc(NC(=O)Oc3cnc(O)cn3)ccc2F)(C(F)F)COC1. The zero-order chi connectivity index (χ0) is 20.3. The van der Waals surface area contributed by atoms with Crippen molar-refractivity contribution >= 4 is 17.6 Å². The Kier molecular flexibility index (Phi) is 5.31. The minimum atomic E-state index is -3.12. The highest BCUT2D eigenvalue weighted by Crippen LogP contribution is 2.37. The number of hydrogen-bond donors (Lipinski definition) is 3. The molecule has 2 heterocycles.